The molecule has 0 saturated carbocycles. The molecule has 0 aliphatic carbocycles. The summed E-state index contributed by atoms with van der Waals surface area (Å²) in [7, 11) is 0. The van der Waals surface area contributed by atoms with Crippen LogP contribution in [0.1, 0.15) is 33.1 Å². The van der Waals surface area contributed by atoms with E-state index in [9.17, 15) is 0 Å². The molecule has 1 aliphatic rings. The third-order valence-electron chi connectivity index (χ3n) is 3.45. The molecule has 2 heterocycles. The molecule has 1 aromatic rings. The van der Waals surface area contributed by atoms with E-state index in [-0.39, 0.29) is 0 Å². The zero-order chi connectivity index (χ0) is 13.8. The summed E-state index contributed by atoms with van der Waals surface area (Å²) in [5, 5.41) is 3.55. The number of pyridine rings is 1. The van der Waals surface area contributed by atoms with Crippen molar-refractivity contribution in [2.45, 2.75) is 45.2 Å². The Morgan fingerprint density at radius 1 is 1.42 bits per heavy atom. The zero-order valence-electron chi connectivity index (χ0n) is 11.5. The van der Waals surface area contributed by atoms with Crippen LogP contribution in [0, 0.1) is 0 Å². The van der Waals surface area contributed by atoms with Gasteiger partial charge in [0.05, 0.1) is 4.47 Å². The van der Waals surface area contributed by atoms with Gasteiger partial charge in [0.25, 0.3) is 0 Å². The fraction of sp³-hybridized carbons (Fsp3) is 0.643. The Hall–Kier alpha value is -0.130. The Bertz CT molecular complexity index is 423. The molecule has 0 radical (unpaired) electrons. The lowest BCUT2D eigenvalue weighted by molar-refractivity contribution is 0.418. The van der Waals surface area contributed by atoms with Crippen LogP contribution in [0.25, 0.3) is 0 Å². The predicted octanol–water partition coefficient (Wildman–Crippen LogP) is 3.96. The van der Waals surface area contributed by atoms with Gasteiger partial charge in [-0.15, -0.1) is 0 Å². The van der Waals surface area contributed by atoms with Gasteiger partial charge in [0.1, 0.15) is 5.82 Å². The van der Waals surface area contributed by atoms with Gasteiger partial charge in [-0.1, -0.05) is 13.8 Å². The Morgan fingerprint density at radius 2 is 2.21 bits per heavy atom. The number of hydrogen-bond donors (Lipinski definition) is 1. The minimum Gasteiger partial charge on any atom is -0.351 e. The normalized spacial score (nSPS) is 20.1. The first-order valence-electron chi connectivity index (χ1n) is 6.89. The molecule has 3 nitrogen and oxygen atoms in total. The monoisotopic (exact) mass is 389 g/mol. The van der Waals surface area contributed by atoms with Crippen LogP contribution in [0.3, 0.4) is 0 Å². The highest BCUT2D eigenvalue weighted by Gasteiger charge is 2.25. The highest BCUT2D eigenvalue weighted by molar-refractivity contribution is 9.11. The van der Waals surface area contributed by atoms with Gasteiger partial charge in [0.2, 0.25) is 0 Å². The Morgan fingerprint density at radius 3 is 2.89 bits per heavy atom. The van der Waals surface area contributed by atoms with Crippen LogP contribution in [0.5, 0.6) is 0 Å². The van der Waals surface area contributed by atoms with Crippen LogP contribution in [0.4, 0.5) is 5.82 Å². The van der Waals surface area contributed by atoms with Crippen LogP contribution in [-0.4, -0.2) is 30.2 Å². The van der Waals surface area contributed by atoms with Crippen molar-refractivity contribution in [2.75, 3.05) is 18.0 Å². The molecular weight excluding hydrogens is 370 g/mol. The van der Waals surface area contributed by atoms with Gasteiger partial charge in [-0.2, -0.15) is 0 Å². The van der Waals surface area contributed by atoms with Crippen LogP contribution < -0.4 is 10.2 Å². The smallest absolute Gasteiger partial charge is 0.143 e. The maximum atomic E-state index is 4.58. The van der Waals surface area contributed by atoms with Gasteiger partial charge in [-0.3, -0.25) is 0 Å². The highest BCUT2D eigenvalue weighted by Crippen LogP contribution is 2.31. The van der Waals surface area contributed by atoms with E-state index in [1.807, 2.05) is 6.20 Å². The fourth-order valence-corrected chi connectivity index (χ4v) is 3.70. The predicted molar refractivity (Wildman–Crippen MR) is 87.8 cm³/mol. The van der Waals surface area contributed by atoms with Crippen LogP contribution in [0.15, 0.2) is 21.2 Å². The molecule has 5 heteroatoms. The maximum Gasteiger partial charge on any atom is 0.143 e. The average Bonchev–Trinajstić information content (AvgIpc) is 2.37. The number of halogens is 2. The maximum absolute atomic E-state index is 4.58. The SMILES string of the molecule is CC(C)NCC1CCCCN1c1ncc(Br)cc1Br. The van der Waals surface area contributed by atoms with E-state index in [4.69, 9.17) is 0 Å². The minimum atomic E-state index is 0.532. The largest absolute Gasteiger partial charge is 0.351 e. The van der Waals surface area contributed by atoms with Crippen LogP contribution >= 0.6 is 31.9 Å². The van der Waals surface area contributed by atoms with Gasteiger partial charge in [-0.05, 0) is 57.2 Å². The second kappa shape index (κ2) is 7.04. The summed E-state index contributed by atoms with van der Waals surface area (Å²) in [4.78, 5) is 7.02. The summed E-state index contributed by atoms with van der Waals surface area (Å²) in [6, 6.07) is 3.15. The van der Waals surface area contributed by atoms with Gasteiger partial charge in [0.15, 0.2) is 0 Å². The third kappa shape index (κ3) is 4.17. The minimum absolute atomic E-state index is 0.532. The van der Waals surface area contributed by atoms with Crippen molar-refractivity contribution in [3.63, 3.8) is 0 Å². The van der Waals surface area contributed by atoms with Gasteiger partial charge in [0, 0.05) is 35.8 Å². The summed E-state index contributed by atoms with van der Waals surface area (Å²) < 4.78 is 2.08. The van der Waals surface area contributed by atoms with E-state index < -0.39 is 0 Å². The molecule has 1 atom stereocenters. The molecule has 0 amide bonds. The molecule has 1 fully saturated rings. The topological polar surface area (TPSA) is 28.2 Å². The fourth-order valence-electron chi connectivity index (χ4n) is 2.48. The number of aromatic nitrogens is 1. The standard InChI is InChI=1S/C14H21Br2N3/c1-10(2)17-9-12-5-3-4-6-19(12)14-13(16)7-11(15)8-18-14/h7-8,10,12,17H,3-6,9H2,1-2H3. The summed E-state index contributed by atoms with van der Waals surface area (Å²) in [5.74, 6) is 1.07. The number of anilines is 1. The van der Waals surface area contributed by atoms with Crippen molar-refractivity contribution in [3.8, 4) is 0 Å². The average molecular weight is 391 g/mol. The second-order valence-electron chi connectivity index (χ2n) is 5.36. The first-order valence-corrected chi connectivity index (χ1v) is 8.47. The Kier molecular flexibility index (Phi) is 5.66. The highest BCUT2D eigenvalue weighted by atomic mass is 79.9. The first kappa shape index (κ1) is 15.3. The van der Waals surface area contributed by atoms with Crippen molar-refractivity contribution >= 4 is 37.7 Å². The van der Waals surface area contributed by atoms with E-state index in [1.165, 1.54) is 19.3 Å². The lowest BCUT2D eigenvalue weighted by Crippen LogP contribution is -2.47. The molecule has 0 bridgehead atoms. The van der Waals surface area contributed by atoms with E-state index in [0.29, 0.717) is 12.1 Å². The molecule has 0 spiro atoms. The number of piperidine rings is 1. The van der Waals surface area contributed by atoms with E-state index in [0.717, 1.165) is 27.9 Å². The van der Waals surface area contributed by atoms with E-state index >= 15 is 0 Å². The summed E-state index contributed by atoms with van der Waals surface area (Å²) in [6.45, 7) is 6.52. The summed E-state index contributed by atoms with van der Waals surface area (Å²) in [5.41, 5.74) is 0. The third-order valence-corrected chi connectivity index (χ3v) is 4.47. The molecule has 0 aromatic carbocycles. The second-order valence-corrected chi connectivity index (χ2v) is 7.13. The van der Waals surface area contributed by atoms with Crippen molar-refractivity contribution in [2.24, 2.45) is 0 Å². The molecule has 1 N–H and O–H groups in total. The lowest BCUT2D eigenvalue weighted by atomic mass is 10.0. The Balaban J connectivity index is 2.14. The van der Waals surface area contributed by atoms with E-state index in [2.05, 4.69) is 67.0 Å². The number of hydrogen-bond acceptors (Lipinski definition) is 3. The van der Waals surface area contributed by atoms with Gasteiger partial charge >= 0.3 is 0 Å². The van der Waals surface area contributed by atoms with Crippen molar-refractivity contribution in [1.29, 1.82) is 0 Å². The first-order chi connectivity index (χ1) is 9.08. The van der Waals surface area contributed by atoms with Crippen molar-refractivity contribution < 1.29 is 0 Å². The van der Waals surface area contributed by atoms with E-state index in [1.54, 1.807) is 0 Å². The summed E-state index contributed by atoms with van der Waals surface area (Å²) in [6.07, 6.45) is 5.68. The quantitative estimate of drug-likeness (QED) is 0.843. The lowest BCUT2D eigenvalue weighted by Gasteiger charge is -2.37. The Labute approximate surface area is 132 Å². The number of nitrogens with one attached hydrogen (secondary N) is 1. The van der Waals surface area contributed by atoms with Gasteiger partial charge in [-0.25, -0.2) is 4.98 Å². The van der Waals surface area contributed by atoms with Crippen molar-refractivity contribution in [1.82, 2.24) is 10.3 Å². The molecule has 106 valence electrons. The number of nitrogens with zero attached hydrogens (tertiary/aromatic N) is 2. The molecule has 1 unspecified atom stereocenters. The van der Waals surface area contributed by atoms with Gasteiger partial charge < -0.3 is 10.2 Å². The zero-order valence-corrected chi connectivity index (χ0v) is 14.7. The molecule has 1 saturated heterocycles. The molecule has 2 rings (SSSR count). The molecule has 1 aromatic heterocycles. The van der Waals surface area contributed by atoms with Crippen LogP contribution in [-0.2, 0) is 0 Å². The summed E-state index contributed by atoms with van der Waals surface area (Å²) >= 11 is 7.10. The van der Waals surface area contributed by atoms with Crippen LogP contribution in [0.2, 0.25) is 0 Å². The van der Waals surface area contributed by atoms with Crippen molar-refractivity contribution in [3.05, 3.63) is 21.2 Å². The molecule has 1 aliphatic heterocycles. The molecule has 19 heavy (non-hydrogen) atoms. The number of rotatable bonds is 4. The molecular formula is C14H21Br2N3.